The first-order valence-corrected chi connectivity index (χ1v) is 2.33. The molecule has 0 radical (unpaired) electrons. The molecule has 1 aromatic rings. The number of aromatic hydroxyl groups is 1. The highest BCUT2D eigenvalue weighted by Gasteiger charge is 1.82. The van der Waals surface area contributed by atoms with Crippen molar-refractivity contribution in [2.75, 3.05) is 5.73 Å². The second-order valence-electron chi connectivity index (χ2n) is 1.59. The van der Waals surface area contributed by atoms with Crippen LogP contribution in [0.2, 0.25) is 0 Å². The highest BCUT2D eigenvalue weighted by atomic mass is 35.5. The molecule has 4 heteroatoms. The Kier molecular flexibility index (Phi) is 6.31. The minimum Gasteiger partial charge on any atom is -0.508 e. The van der Waals surface area contributed by atoms with Gasteiger partial charge in [0.15, 0.2) is 0 Å². The molecule has 10 heavy (non-hydrogen) atoms. The number of benzene rings is 1. The molecule has 0 aliphatic carbocycles. The number of hydrogen-bond acceptors (Lipinski definition) is 2. The molecule has 0 fully saturated rings. The fourth-order valence-electron chi connectivity index (χ4n) is 0.474. The van der Waals surface area contributed by atoms with Crippen LogP contribution in [0.3, 0.4) is 0 Å². The maximum atomic E-state index is 8.70. The van der Waals surface area contributed by atoms with Crippen LogP contribution in [-0.4, -0.2) is 5.11 Å². The van der Waals surface area contributed by atoms with Gasteiger partial charge in [-0.05, 0) is 24.3 Å². The zero-order valence-electron chi connectivity index (χ0n) is 5.15. The van der Waals surface area contributed by atoms with E-state index in [0.717, 1.165) is 0 Å². The summed E-state index contributed by atoms with van der Waals surface area (Å²) in [5.41, 5.74) is 5.98. The van der Waals surface area contributed by atoms with Crippen LogP contribution in [0.4, 0.5) is 5.69 Å². The van der Waals surface area contributed by atoms with Crippen molar-refractivity contribution in [3.05, 3.63) is 24.3 Å². The van der Waals surface area contributed by atoms with Gasteiger partial charge in [-0.25, -0.2) is 0 Å². The zero-order valence-corrected chi connectivity index (χ0v) is 6.78. The Morgan fingerprint density at radius 1 is 1.00 bits per heavy atom. The number of phenolic OH excluding ortho intramolecular Hbond substituents is 1. The average Bonchev–Trinajstić information content (AvgIpc) is 1.77. The van der Waals surface area contributed by atoms with Crippen LogP contribution in [0.1, 0.15) is 0 Å². The van der Waals surface area contributed by atoms with Gasteiger partial charge in [-0.15, -0.1) is 24.8 Å². The SMILES string of the molecule is Cl.Cl.Nc1ccc(O)cc1. The van der Waals surface area contributed by atoms with Crippen LogP contribution in [0.15, 0.2) is 24.3 Å². The summed E-state index contributed by atoms with van der Waals surface area (Å²) in [5, 5.41) is 8.70. The van der Waals surface area contributed by atoms with Gasteiger partial charge >= 0.3 is 0 Å². The van der Waals surface area contributed by atoms with E-state index in [0.29, 0.717) is 5.69 Å². The van der Waals surface area contributed by atoms with E-state index in [1.54, 1.807) is 24.3 Å². The summed E-state index contributed by atoms with van der Waals surface area (Å²) < 4.78 is 0. The van der Waals surface area contributed by atoms with E-state index in [2.05, 4.69) is 0 Å². The second kappa shape index (κ2) is 5.21. The third-order valence-corrected chi connectivity index (χ3v) is 0.893. The molecule has 0 amide bonds. The van der Waals surface area contributed by atoms with Gasteiger partial charge in [0.2, 0.25) is 0 Å². The van der Waals surface area contributed by atoms with Gasteiger partial charge in [0.05, 0.1) is 0 Å². The first-order valence-electron chi connectivity index (χ1n) is 2.33. The molecule has 0 atom stereocenters. The molecule has 1 rings (SSSR count). The predicted octanol–water partition coefficient (Wildman–Crippen LogP) is 1.82. The number of halogens is 2. The lowest BCUT2D eigenvalue weighted by molar-refractivity contribution is 0.475. The van der Waals surface area contributed by atoms with Crippen molar-refractivity contribution >= 4 is 30.5 Å². The van der Waals surface area contributed by atoms with Gasteiger partial charge in [-0.2, -0.15) is 0 Å². The van der Waals surface area contributed by atoms with Gasteiger partial charge < -0.3 is 10.8 Å². The Labute approximate surface area is 71.9 Å². The summed E-state index contributed by atoms with van der Waals surface area (Å²) in [6.45, 7) is 0. The van der Waals surface area contributed by atoms with Crippen LogP contribution >= 0.6 is 24.8 Å². The Morgan fingerprint density at radius 2 is 1.40 bits per heavy atom. The van der Waals surface area contributed by atoms with Crippen LogP contribution in [0.5, 0.6) is 5.75 Å². The number of anilines is 1. The maximum Gasteiger partial charge on any atom is 0.115 e. The summed E-state index contributed by atoms with van der Waals surface area (Å²) in [4.78, 5) is 0. The molecule has 3 N–H and O–H groups in total. The minimum atomic E-state index is 0. The van der Waals surface area contributed by atoms with Gasteiger partial charge in [-0.1, -0.05) is 0 Å². The van der Waals surface area contributed by atoms with Crippen molar-refractivity contribution in [1.29, 1.82) is 0 Å². The standard InChI is InChI=1S/C6H7NO.2ClH/c7-5-1-3-6(8)4-2-5;;/h1-4,8H,7H2;2*1H. The van der Waals surface area contributed by atoms with Gasteiger partial charge in [0.25, 0.3) is 0 Å². The topological polar surface area (TPSA) is 46.2 Å². The lowest BCUT2D eigenvalue weighted by Gasteiger charge is -1.89. The highest BCUT2D eigenvalue weighted by Crippen LogP contribution is 2.09. The predicted molar refractivity (Wildman–Crippen MR) is 47.0 cm³/mol. The number of rotatable bonds is 0. The molecule has 1 aromatic carbocycles. The third-order valence-electron chi connectivity index (χ3n) is 0.893. The molecule has 0 aliphatic rings. The van der Waals surface area contributed by atoms with Gasteiger partial charge in [0.1, 0.15) is 5.75 Å². The molecule has 0 unspecified atom stereocenters. The summed E-state index contributed by atoms with van der Waals surface area (Å²) in [5.74, 6) is 0.249. The number of hydrogen-bond donors (Lipinski definition) is 2. The lowest BCUT2D eigenvalue weighted by Crippen LogP contribution is -1.80. The molecular formula is C6H9Cl2NO. The van der Waals surface area contributed by atoms with E-state index in [9.17, 15) is 0 Å². The highest BCUT2D eigenvalue weighted by molar-refractivity contribution is 5.85. The van der Waals surface area contributed by atoms with Crippen molar-refractivity contribution in [2.45, 2.75) is 0 Å². The van der Waals surface area contributed by atoms with Gasteiger partial charge in [0, 0.05) is 5.69 Å². The molecule has 0 aromatic heterocycles. The molecule has 0 bridgehead atoms. The quantitative estimate of drug-likeness (QED) is 0.474. The monoisotopic (exact) mass is 181 g/mol. The van der Waals surface area contributed by atoms with Crippen molar-refractivity contribution in [2.24, 2.45) is 0 Å². The molecule has 2 nitrogen and oxygen atoms in total. The van der Waals surface area contributed by atoms with E-state index in [1.807, 2.05) is 0 Å². The first-order chi connectivity index (χ1) is 3.79. The van der Waals surface area contributed by atoms with Crippen molar-refractivity contribution < 1.29 is 5.11 Å². The summed E-state index contributed by atoms with van der Waals surface area (Å²) in [6.07, 6.45) is 0. The molecule has 0 heterocycles. The Bertz CT molecular complexity index is 155. The summed E-state index contributed by atoms with van der Waals surface area (Å²) in [6, 6.07) is 6.40. The van der Waals surface area contributed by atoms with E-state index >= 15 is 0 Å². The third kappa shape index (κ3) is 3.43. The number of nitrogen functional groups attached to an aromatic ring is 1. The summed E-state index contributed by atoms with van der Waals surface area (Å²) in [7, 11) is 0. The molecule has 0 saturated carbocycles. The van der Waals surface area contributed by atoms with Crippen LogP contribution in [0.25, 0.3) is 0 Å². The van der Waals surface area contributed by atoms with Crippen molar-refractivity contribution in [3.63, 3.8) is 0 Å². The normalized spacial score (nSPS) is 7.20. The fraction of sp³-hybridized carbons (Fsp3) is 0. The summed E-state index contributed by atoms with van der Waals surface area (Å²) >= 11 is 0. The molecule has 0 spiro atoms. The molecule has 58 valence electrons. The Hall–Kier alpha value is -0.600. The average molecular weight is 182 g/mol. The van der Waals surface area contributed by atoms with E-state index in [-0.39, 0.29) is 30.6 Å². The zero-order chi connectivity index (χ0) is 5.98. The van der Waals surface area contributed by atoms with E-state index in [4.69, 9.17) is 10.8 Å². The number of nitrogens with two attached hydrogens (primary N) is 1. The molecule has 0 saturated heterocycles. The molecular weight excluding hydrogens is 173 g/mol. The van der Waals surface area contributed by atoms with Crippen molar-refractivity contribution in [1.82, 2.24) is 0 Å². The number of phenols is 1. The maximum absolute atomic E-state index is 8.70. The fourth-order valence-corrected chi connectivity index (χ4v) is 0.474. The van der Waals surface area contributed by atoms with Crippen LogP contribution in [0, 0.1) is 0 Å². The minimum absolute atomic E-state index is 0. The van der Waals surface area contributed by atoms with Gasteiger partial charge in [-0.3, -0.25) is 0 Å². The largest absolute Gasteiger partial charge is 0.508 e. The molecule has 0 aliphatic heterocycles. The Balaban J connectivity index is 0. The van der Waals surface area contributed by atoms with E-state index in [1.165, 1.54) is 0 Å². The van der Waals surface area contributed by atoms with E-state index < -0.39 is 0 Å². The van der Waals surface area contributed by atoms with Crippen molar-refractivity contribution in [3.8, 4) is 5.75 Å². The second-order valence-corrected chi connectivity index (χ2v) is 1.59. The smallest absolute Gasteiger partial charge is 0.115 e. The van der Waals surface area contributed by atoms with Crippen LogP contribution < -0.4 is 5.73 Å². The Morgan fingerprint density at radius 3 is 1.70 bits per heavy atom. The lowest BCUT2D eigenvalue weighted by atomic mass is 10.3. The first kappa shape index (κ1) is 12.1. The van der Waals surface area contributed by atoms with Crippen LogP contribution in [-0.2, 0) is 0 Å².